The molecule has 5 rings (SSSR count). The molecule has 31 heavy (non-hydrogen) atoms. The van der Waals surface area contributed by atoms with Crippen molar-refractivity contribution in [2.24, 2.45) is 0 Å². The van der Waals surface area contributed by atoms with Crippen molar-refractivity contribution in [3.63, 3.8) is 0 Å². The second-order valence-electron chi connectivity index (χ2n) is 7.53. The summed E-state index contributed by atoms with van der Waals surface area (Å²) < 4.78 is 10.5. The summed E-state index contributed by atoms with van der Waals surface area (Å²) >= 11 is 1.37. The summed E-state index contributed by atoms with van der Waals surface area (Å²) in [5, 5.41) is 7.81. The zero-order chi connectivity index (χ0) is 21.2. The molecule has 2 aliphatic rings. The summed E-state index contributed by atoms with van der Waals surface area (Å²) in [6.45, 7) is -0.00883. The minimum Gasteiger partial charge on any atom is -0.454 e. The van der Waals surface area contributed by atoms with Crippen LogP contribution in [0.15, 0.2) is 41.8 Å². The number of benzene rings is 2. The maximum Gasteiger partial charge on any atom is 0.251 e. The van der Waals surface area contributed by atoms with Crippen LogP contribution in [0.2, 0.25) is 0 Å². The Balaban J connectivity index is 1.18. The first kappa shape index (κ1) is 19.6. The summed E-state index contributed by atoms with van der Waals surface area (Å²) in [7, 11) is 0. The van der Waals surface area contributed by atoms with E-state index in [0.717, 1.165) is 24.1 Å². The first-order chi connectivity index (χ1) is 15.2. The molecule has 0 spiro atoms. The second kappa shape index (κ2) is 8.39. The van der Waals surface area contributed by atoms with Gasteiger partial charge in [0.2, 0.25) is 12.7 Å². The van der Waals surface area contributed by atoms with E-state index in [-0.39, 0.29) is 25.2 Å². The van der Waals surface area contributed by atoms with E-state index in [1.807, 2.05) is 5.38 Å². The molecule has 2 heterocycles. The van der Waals surface area contributed by atoms with Crippen LogP contribution >= 0.6 is 11.3 Å². The number of carbonyl (C=O) groups is 2. The van der Waals surface area contributed by atoms with Gasteiger partial charge in [0.1, 0.15) is 0 Å². The molecule has 2 amide bonds. The van der Waals surface area contributed by atoms with Crippen molar-refractivity contribution >= 4 is 28.3 Å². The van der Waals surface area contributed by atoms with Crippen molar-refractivity contribution in [3.05, 3.63) is 58.5 Å². The van der Waals surface area contributed by atoms with Gasteiger partial charge in [0.05, 0.1) is 12.2 Å². The molecule has 0 saturated carbocycles. The maximum atomic E-state index is 12.3. The zero-order valence-corrected chi connectivity index (χ0v) is 17.6. The first-order valence-electron chi connectivity index (χ1n) is 10.2. The maximum absolute atomic E-state index is 12.3. The van der Waals surface area contributed by atoms with Gasteiger partial charge in [-0.05, 0) is 61.1 Å². The van der Waals surface area contributed by atoms with E-state index in [4.69, 9.17) is 9.47 Å². The first-order valence-corrected chi connectivity index (χ1v) is 11.1. The fourth-order valence-electron chi connectivity index (χ4n) is 3.82. The van der Waals surface area contributed by atoms with Gasteiger partial charge in [0, 0.05) is 16.5 Å². The molecule has 0 radical (unpaired) electrons. The van der Waals surface area contributed by atoms with E-state index in [1.165, 1.54) is 35.3 Å². The Bertz CT molecular complexity index is 1160. The Labute approximate surface area is 183 Å². The molecule has 0 fully saturated rings. The lowest BCUT2D eigenvalue weighted by Gasteiger charge is -2.16. The van der Waals surface area contributed by atoms with Crippen molar-refractivity contribution in [2.45, 2.75) is 25.7 Å². The molecule has 1 aliphatic heterocycles. The number of aryl methyl sites for hydroxylation is 2. The molecule has 0 unspecified atom stereocenters. The average molecular weight is 436 g/mol. The smallest absolute Gasteiger partial charge is 0.251 e. The molecule has 2 N–H and O–H groups in total. The molecule has 0 saturated heterocycles. The third-order valence-corrected chi connectivity index (χ3v) is 6.20. The number of carbonyl (C=O) groups excluding carboxylic acids is 2. The number of thiazole rings is 1. The van der Waals surface area contributed by atoms with Gasteiger partial charge in [0.25, 0.3) is 5.91 Å². The number of hydrogen-bond donors (Lipinski definition) is 2. The predicted molar refractivity (Wildman–Crippen MR) is 118 cm³/mol. The van der Waals surface area contributed by atoms with E-state index in [0.29, 0.717) is 22.2 Å². The fraction of sp³-hybridized carbons (Fsp3) is 0.261. The average Bonchev–Trinajstić information content (AvgIpc) is 3.46. The number of aromatic nitrogens is 1. The van der Waals surface area contributed by atoms with Gasteiger partial charge >= 0.3 is 0 Å². The minimum absolute atomic E-state index is 0.143. The molecular formula is C23H21N3O4S. The zero-order valence-electron chi connectivity index (χ0n) is 16.8. The van der Waals surface area contributed by atoms with Crippen LogP contribution in [-0.2, 0) is 17.6 Å². The van der Waals surface area contributed by atoms with Crippen LogP contribution in [0.3, 0.4) is 0 Å². The molecule has 158 valence electrons. The summed E-state index contributed by atoms with van der Waals surface area (Å²) in [5.41, 5.74) is 5.14. The van der Waals surface area contributed by atoms with Crippen LogP contribution in [0, 0.1) is 0 Å². The van der Waals surface area contributed by atoms with Crippen molar-refractivity contribution < 1.29 is 19.1 Å². The van der Waals surface area contributed by atoms with E-state index in [2.05, 4.69) is 33.8 Å². The Morgan fingerprint density at radius 1 is 1.00 bits per heavy atom. The van der Waals surface area contributed by atoms with Crippen LogP contribution in [0.4, 0.5) is 5.13 Å². The lowest BCUT2D eigenvalue weighted by molar-refractivity contribution is -0.115. The lowest BCUT2D eigenvalue weighted by Crippen LogP contribution is -2.32. The highest BCUT2D eigenvalue weighted by Crippen LogP contribution is 2.32. The predicted octanol–water partition coefficient (Wildman–Crippen LogP) is 3.79. The summed E-state index contributed by atoms with van der Waals surface area (Å²) in [4.78, 5) is 29.1. The van der Waals surface area contributed by atoms with E-state index in [1.54, 1.807) is 18.2 Å². The Kier molecular flexibility index (Phi) is 5.30. The van der Waals surface area contributed by atoms with Crippen molar-refractivity contribution in [2.75, 3.05) is 18.7 Å². The SMILES string of the molecule is O=C(CNC(=O)c1ccc2c(c1)OCO2)Nc1nc(-c2ccc3c(c2)CCCC3)cs1. The van der Waals surface area contributed by atoms with Gasteiger partial charge in [-0.25, -0.2) is 4.98 Å². The van der Waals surface area contributed by atoms with Crippen molar-refractivity contribution in [1.29, 1.82) is 0 Å². The van der Waals surface area contributed by atoms with Crippen molar-refractivity contribution in [3.8, 4) is 22.8 Å². The van der Waals surface area contributed by atoms with Gasteiger partial charge in [-0.15, -0.1) is 11.3 Å². The number of fused-ring (bicyclic) bond motifs is 2. The Hall–Kier alpha value is -3.39. The lowest BCUT2D eigenvalue weighted by atomic mass is 9.90. The van der Waals surface area contributed by atoms with Crippen LogP contribution in [0.5, 0.6) is 11.5 Å². The monoisotopic (exact) mass is 435 g/mol. The van der Waals surface area contributed by atoms with Crippen LogP contribution < -0.4 is 20.1 Å². The highest BCUT2D eigenvalue weighted by molar-refractivity contribution is 7.14. The number of hydrogen-bond acceptors (Lipinski definition) is 6. The number of anilines is 1. The standard InChI is InChI=1S/C23H21N3O4S/c27-21(11-24-22(28)17-7-8-19-20(10-17)30-13-29-19)26-23-25-18(12-31-23)16-6-5-14-3-1-2-4-15(14)9-16/h5-10,12H,1-4,11,13H2,(H,24,28)(H,25,26,27). The molecule has 8 heteroatoms. The Morgan fingerprint density at radius 3 is 2.74 bits per heavy atom. The quantitative estimate of drug-likeness (QED) is 0.637. The number of nitrogens with one attached hydrogen (secondary N) is 2. The number of amides is 2. The highest BCUT2D eigenvalue weighted by Gasteiger charge is 2.17. The molecule has 1 aromatic heterocycles. The van der Waals surface area contributed by atoms with Crippen LogP contribution in [-0.4, -0.2) is 30.1 Å². The Morgan fingerprint density at radius 2 is 1.84 bits per heavy atom. The van der Waals surface area contributed by atoms with Crippen molar-refractivity contribution in [1.82, 2.24) is 10.3 Å². The molecular weight excluding hydrogens is 414 g/mol. The molecule has 1 aliphatic carbocycles. The molecule has 0 atom stereocenters. The molecule has 2 aromatic carbocycles. The van der Waals surface area contributed by atoms with Gasteiger partial charge < -0.3 is 20.1 Å². The van der Waals surface area contributed by atoms with Gasteiger partial charge in [-0.3, -0.25) is 9.59 Å². The highest BCUT2D eigenvalue weighted by atomic mass is 32.1. The number of ether oxygens (including phenoxy) is 2. The topological polar surface area (TPSA) is 89.6 Å². The summed E-state index contributed by atoms with van der Waals surface area (Å²) in [6, 6.07) is 11.4. The van der Waals surface area contributed by atoms with E-state index >= 15 is 0 Å². The molecule has 0 bridgehead atoms. The largest absolute Gasteiger partial charge is 0.454 e. The normalized spacial score (nSPS) is 14.1. The van der Waals surface area contributed by atoms with Crippen LogP contribution in [0.25, 0.3) is 11.3 Å². The summed E-state index contributed by atoms with van der Waals surface area (Å²) in [5.74, 6) is 0.435. The number of rotatable bonds is 5. The van der Waals surface area contributed by atoms with Crippen LogP contribution in [0.1, 0.15) is 34.3 Å². The molecule has 3 aromatic rings. The third-order valence-electron chi connectivity index (χ3n) is 5.44. The third kappa shape index (κ3) is 4.25. The number of nitrogens with zero attached hydrogens (tertiary/aromatic N) is 1. The van der Waals surface area contributed by atoms with Gasteiger partial charge in [0.15, 0.2) is 16.6 Å². The van der Waals surface area contributed by atoms with Gasteiger partial charge in [-0.2, -0.15) is 0 Å². The molecule has 7 nitrogen and oxygen atoms in total. The second-order valence-corrected chi connectivity index (χ2v) is 8.39. The van der Waals surface area contributed by atoms with Gasteiger partial charge in [-0.1, -0.05) is 12.1 Å². The minimum atomic E-state index is -0.359. The summed E-state index contributed by atoms with van der Waals surface area (Å²) in [6.07, 6.45) is 4.74. The fourth-order valence-corrected chi connectivity index (χ4v) is 4.56. The van der Waals surface area contributed by atoms with E-state index < -0.39 is 0 Å². The van der Waals surface area contributed by atoms with E-state index in [9.17, 15) is 9.59 Å².